The fourth-order valence-electron chi connectivity index (χ4n) is 4.61. The maximum Gasteiger partial charge on any atom is 0.307 e. The third-order valence-corrected chi connectivity index (χ3v) is 7.03. The summed E-state index contributed by atoms with van der Waals surface area (Å²) in [7, 11) is 0. The molecule has 1 saturated heterocycles. The Morgan fingerprint density at radius 2 is 1.52 bits per heavy atom. The van der Waals surface area contributed by atoms with Gasteiger partial charge >= 0.3 is 23.9 Å². The Morgan fingerprint density at radius 1 is 0.935 bits per heavy atom. The minimum Gasteiger partial charge on any atom is -0.481 e. The van der Waals surface area contributed by atoms with Gasteiger partial charge in [0.05, 0.1) is 12.1 Å². The molecular weight excluding hydrogens is 612 g/mol. The Kier molecular flexibility index (Phi) is 17.2. The Bertz CT molecular complexity index is 1090. The van der Waals surface area contributed by atoms with Gasteiger partial charge in [-0.3, -0.25) is 33.6 Å². The molecule has 0 bridgehead atoms. The van der Waals surface area contributed by atoms with Gasteiger partial charge in [-0.05, 0) is 19.8 Å². The molecule has 46 heavy (non-hydrogen) atoms. The third kappa shape index (κ3) is 12.5. The summed E-state index contributed by atoms with van der Waals surface area (Å²) in [4.78, 5) is 87.3. The number of ether oxygens (including phenoxy) is 5. The lowest BCUT2D eigenvalue weighted by molar-refractivity contribution is -0.280. The average Bonchev–Trinajstić information content (AvgIpc) is 3.00. The van der Waals surface area contributed by atoms with Crippen molar-refractivity contribution >= 4 is 41.6 Å². The number of primary amides is 1. The van der Waals surface area contributed by atoms with Gasteiger partial charge in [-0.2, -0.15) is 0 Å². The van der Waals surface area contributed by atoms with Crippen molar-refractivity contribution in [2.45, 2.75) is 129 Å². The van der Waals surface area contributed by atoms with E-state index in [4.69, 9.17) is 35.2 Å². The number of nitrogens with one attached hydrogen (secondary N) is 1. The number of hydrogen-bond acceptors (Lipinski definition) is 13. The van der Waals surface area contributed by atoms with Crippen molar-refractivity contribution in [2.75, 3.05) is 13.2 Å². The lowest BCUT2D eigenvalue weighted by atomic mass is 9.95. The summed E-state index contributed by atoms with van der Waals surface area (Å²) < 4.78 is 28.6. The molecule has 0 aromatic carbocycles. The molecule has 0 aromatic heterocycles. The van der Waals surface area contributed by atoms with Gasteiger partial charge < -0.3 is 50.5 Å². The molecule has 1 fully saturated rings. The van der Waals surface area contributed by atoms with Crippen LogP contribution in [-0.4, -0.2) is 114 Å². The van der Waals surface area contributed by atoms with Crippen LogP contribution in [0.5, 0.6) is 0 Å². The Hall–Kier alpha value is -3.83. The molecule has 0 saturated carbocycles. The third-order valence-electron chi connectivity index (χ3n) is 7.03. The molecule has 8 atom stereocenters. The molecule has 1 aliphatic rings. The first kappa shape index (κ1) is 40.2. The van der Waals surface area contributed by atoms with E-state index in [0.717, 1.165) is 4.90 Å². The SMILES string of the molecule is CCC(=O)OC[C@H]1O[C@H](OC(=O)CC)[C@H](NC(C)=O)[C@@H](OC(C)CN(C(=O)C(N)CC)[C@H](CCC(=O)O)C(N)=O)[C@@H]1OC(=O)CC. The van der Waals surface area contributed by atoms with E-state index in [1.54, 1.807) is 13.8 Å². The minimum absolute atomic E-state index is 0.0263. The summed E-state index contributed by atoms with van der Waals surface area (Å²) >= 11 is 0. The van der Waals surface area contributed by atoms with Gasteiger partial charge in [-0.25, -0.2) is 0 Å². The van der Waals surface area contributed by atoms with E-state index in [2.05, 4.69) is 5.32 Å². The van der Waals surface area contributed by atoms with Crippen molar-refractivity contribution in [3.8, 4) is 0 Å². The van der Waals surface area contributed by atoms with Gasteiger partial charge in [0.25, 0.3) is 0 Å². The number of nitrogens with zero attached hydrogens (tertiary/aromatic N) is 1. The van der Waals surface area contributed by atoms with E-state index in [0.29, 0.717) is 0 Å². The van der Waals surface area contributed by atoms with Crippen molar-refractivity contribution in [1.82, 2.24) is 10.2 Å². The molecule has 1 heterocycles. The van der Waals surface area contributed by atoms with Gasteiger partial charge in [-0.1, -0.05) is 27.7 Å². The first-order valence-electron chi connectivity index (χ1n) is 15.3. The quantitative estimate of drug-likeness (QED) is 0.101. The maximum absolute atomic E-state index is 13.3. The van der Waals surface area contributed by atoms with Crippen LogP contribution in [0.4, 0.5) is 0 Å². The predicted octanol–water partition coefficient (Wildman–Crippen LogP) is -0.497. The molecule has 1 aliphatic heterocycles. The number of hydrogen-bond donors (Lipinski definition) is 4. The number of carbonyl (C=O) groups excluding carboxylic acids is 6. The number of aliphatic carboxylic acids is 1. The highest BCUT2D eigenvalue weighted by atomic mass is 16.7. The first-order valence-corrected chi connectivity index (χ1v) is 15.3. The molecule has 0 spiro atoms. The number of carboxylic acid groups (broad SMARTS) is 1. The molecule has 17 nitrogen and oxygen atoms in total. The van der Waals surface area contributed by atoms with Crippen LogP contribution < -0.4 is 16.8 Å². The Labute approximate surface area is 267 Å². The van der Waals surface area contributed by atoms with E-state index in [1.807, 2.05) is 0 Å². The standard InChI is InChI=1S/C29H48N4O13/c1-7-17(30)28(41)33(18(27(31)40)11-12-20(35)36)13-15(5)43-26-24(32-16(6)34)29(46-23(39)10-4)44-19(14-42-21(37)8-2)25(26)45-22(38)9-3/h15,17-19,24-26,29H,7-14,30H2,1-6H3,(H2,31,40)(H,32,34)(H,35,36)/t15?,17?,18-,19-,24-,25-,26-,29-/m1/s1. The molecule has 6 N–H and O–H groups in total. The van der Waals surface area contributed by atoms with E-state index >= 15 is 0 Å². The van der Waals surface area contributed by atoms with E-state index < -0.39 is 103 Å². The highest BCUT2D eigenvalue weighted by Crippen LogP contribution is 2.29. The van der Waals surface area contributed by atoms with Crippen LogP contribution in [0.3, 0.4) is 0 Å². The van der Waals surface area contributed by atoms with Gasteiger partial charge in [0.1, 0.15) is 30.9 Å². The Morgan fingerprint density at radius 3 is 2.02 bits per heavy atom. The molecule has 0 aliphatic carbocycles. The number of nitrogens with two attached hydrogens (primary N) is 2. The topological polar surface area (TPSA) is 253 Å². The van der Waals surface area contributed by atoms with Crippen molar-refractivity contribution in [3.05, 3.63) is 0 Å². The maximum atomic E-state index is 13.3. The van der Waals surface area contributed by atoms with Crippen molar-refractivity contribution in [2.24, 2.45) is 11.5 Å². The van der Waals surface area contributed by atoms with E-state index in [1.165, 1.54) is 27.7 Å². The summed E-state index contributed by atoms with van der Waals surface area (Å²) in [5, 5.41) is 11.8. The zero-order chi connectivity index (χ0) is 35.1. The van der Waals surface area contributed by atoms with Crippen molar-refractivity contribution in [1.29, 1.82) is 0 Å². The number of esters is 3. The summed E-state index contributed by atoms with van der Waals surface area (Å²) in [5.41, 5.74) is 11.6. The molecule has 0 radical (unpaired) electrons. The second kappa shape index (κ2) is 19.6. The number of carbonyl (C=O) groups is 7. The van der Waals surface area contributed by atoms with Crippen LogP contribution in [0.2, 0.25) is 0 Å². The monoisotopic (exact) mass is 660 g/mol. The fraction of sp³-hybridized carbons (Fsp3) is 0.759. The average molecular weight is 661 g/mol. The van der Waals surface area contributed by atoms with Crippen LogP contribution in [0, 0.1) is 0 Å². The Balaban J connectivity index is 3.65. The normalized spacial score (nSPS) is 22.8. The summed E-state index contributed by atoms with van der Waals surface area (Å²) in [6.45, 7) is 8.20. The van der Waals surface area contributed by atoms with Crippen molar-refractivity contribution < 1.29 is 62.4 Å². The molecule has 3 amide bonds. The zero-order valence-electron chi connectivity index (χ0n) is 27.2. The van der Waals surface area contributed by atoms with Crippen LogP contribution >= 0.6 is 0 Å². The van der Waals surface area contributed by atoms with Crippen molar-refractivity contribution in [3.63, 3.8) is 0 Å². The highest BCUT2D eigenvalue weighted by Gasteiger charge is 2.52. The molecule has 17 heteroatoms. The number of amides is 3. The number of carboxylic acids is 1. The summed E-state index contributed by atoms with van der Waals surface area (Å²) in [6, 6.07) is -3.69. The van der Waals surface area contributed by atoms with Gasteiger partial charge in [0.15, 0.2) is 6.10 Å². The van der Waals surface area contributed by atoms with Gasteiger partial charge in [0.2, 0.25) is 24.0 Å². The molecule has 1 rings (SSSR count). The lowest BCUT2D eigenvalue weighted by Crippen LogP contribution is -2.67. The largest absolute Gasteiger partial charge is 0.481 e. The van der Waals surface area contributed by atoms with E-state index in [-0.39, 0.29) is 38.6 Å². The fourth-order valence-corrected chi connectivity index (χ4v) is 4.61. The van der Waals surface area contributed by atoms with Crippen LogP contribution in [0.1, 0.15) is 80.1 Å². The number of rotatable bonds is 19. The minimum atomic E-state index is -1.49. The molecule has 0 aromatic rings. The van der Waals surface area contributed by atoms with Gasteiger partial charge in [0, 0.05) is 39.2 Å². The second-order valence-corrected chi connectivity index (χ2v) is 10.7. The first-order chi connectivity index (χ1) is 21.6. The molecule has 2 unspecified atom stereocenters. The molecule has 262 valence electrons. The predicted molar refractivity (Wildman–Crippen MR) is 158 cm³/mol. The van der Waals surface area contributed by atoms with Crippen LogP contribution in [-0.2, 0) is 57.2 Å². The van der Waals surface area contributed by atoms with Gasteiger partial charge in [-0.15, -0.1) is 0 Å². The second-order valence-electron chi connectivity index (χ2n) is 10.7. The zero-order valence-corrected chi connectivity index (χ0v) is 27.2. The summed E-state index contributed by atoms with van der Waals surface area (Å²) in [5.74, 6) is -5.45. The smallest absolute Gasteiger partial charge is 0.307 e. The highest BCUT2D eigenvalue weighted by molar-refractivity contribution is 5.89. The molecular formula is C29H48N4O13. The summed E-state index contributed by atoms with van der Waals surface area (Å²) in [6.07, 6.45) is -7.10. The van der Waals surface area contributed by atoms with Crippen LogP contribution in [0.25, 0.3) is 0 Å². The van der Waals surface area contributed by atoms with Crippen LogP contribution in [0.15, 0.2) is 0 Å². The lowest BCUT2D eigenvalue weighted by Gasteiger charge is -2.46. The van der Waals surface area contributed by atoms with E-state index in [9.17, 15) is 38.7 Å².